The molecule has 37 heavy (non-hydrogen) atoms. The highest BCUT2D eigenvalue weighted by molar-refractivity contribution is 6.38. The van der Waals surface area contributed by atoms with E-state index in [1.807, 2.05) is 0 Å². The second kappa shape index (κ2) is 15.0. The molecule has 0 saturated heterocycles. The van der Waals surface area contributed by atoms with E-state index in [1.165, 1.54) is 51.0 Å². The summed E-state index contributed by atoms with van der Waals surface area (Å²) in [6.45, 7) is 5.15. The van der Waals surface area contributed by atoms with Crippen LogP contribution in [-0.4, -0.2) is 50.9 Å². The molecule has 210 valence electrons. The van der Waals surface area contributed by atoms with E-state index in [4.69, 9.17) is 16.7 Å². The molecule has 1 aromatic carbocycles. The molecule has 1 atom stereocenters. The zero-order chi connectivity index (χ0) is 27.5. The maximum atomic E-state index is 13.1. The van der Waals surface area contributed by atoms with E-state index < -0.39 is 23.6 Å². The normalized spacial score (nSPS) is 17.3. The first-order valence-corrected chi connectivity index (χ1v) is 13.9. The van der Waals surface area contributed by atoms with Gasteiger partial charge in [-0.3, -0.25) is 0 Å². The average molecular weight is 545 g/mol. The van der Waals surface area contributed by atoms with Crippen molar-refractivity contribution in [1.29, 1.82) is 0 Å². The lowest BCUT2D eigenvalue weighted by molar-refractivity contribution is -0.102. The predicted octanol–water partition coefficient (Wildman–Crippen LogP) is 7.23. The lowest BCUT2D eigenvalue weighted by atomic mass is 9.83. The van der Waals surface area contributed by atoms with Crippen LogP contribution in [0.2, 0.25) is 5.02 Å². The Morgan fingerprint density at radius 1 is 1.11 bits per heavy atom. The van der Waals surface area contributed by atoms with Crippen molar-refractivity contribution in [3.8, 4) is 0 Å². The number of rotatable bonds is 13. The van der Waals surface area contributed by atoms with Crippen LogP contribution in [0.25, 0.3) is 10.9 Å². The molecule has 1 aliphatic carbocycles. The molecule has 3 rings (SSSR count). The van der Waals surface area contributed by atoms with Gasteiger partial charge in [-0.05, 0) is 44.9 Å². The number of carboxylic acids is 1. The van der Waals surface area contributed by atoms with E-state index in [9.17, 15) is 23.8 Å². The van der Waals surface area contributed by atoms with Gasteiger partial charge in [-0.15, -0.1) is 0 Å². The number of aliphatic hydroxyl groups excluding tert-OH is 1. The highest BCUT2D eigenvalue weighted by atomic mass is 35.5. The summed E-state index contributed by atoms with van der Waals surface area (Å²) in [5.41, 5.74) is 0.290. The quantitative estimate of drug-likeness (QED) is 0.171. The Labute approximate surface area is 223 Å². The number of nitrogens with one attached hydrogen (secondary N) is 2. The Bertz CT molecular complexity index is 970. The van der Waals surface area contributed by atoms with Crippen LogP contribution in [0.3, 0.4) is 0 Å². The number of aromatic carboxylic acids is 1. The van der Waals surface area contributed by atoms with Crippen LogP contribution in [-0.2, 0) is 0 Å². The van der Waals surface area contributed by atoms with E-state index in [0.29, 0.717) is 23.0 Å². The van der Waals surface area contributed by atoms with Crippen LogP contribution in [0.4, 0.5) is 8.78 Å². The zero-order valence-corrected chi connectivity index (χ0v) is 22.8. The molecule has 2 aromatic rings. The summed E-state index contributed by atoms with van der Waals surface area (Å²) < 4.78 is 26.1. The summed E-state index contributed by atoms with van der Waals surface area (Å²) in [5, 5.41) is 32.8. The van der Waals surface area contributed by atoms with Crippen molar-refractivity contribution < 1.29 is 28.9 Å². The van der Waals surface area contributed by atoms with Crippen molar-refractivity contribution in [2.75, 3.05) is 13.1 Å². The average Bonchev–Trinajstić information content (AvgIpc) is 3.33. The molecule has 1 fully saturated rings. The highest BCUT2D eigenvalue weighted by Crippen LogP contribution is 2.38. The van der Waals surface area contributed by atoms with Gasteiger partial charge in [0.2, 0.25) is 5.92 Å². The van der Waals surface area contributed by atoms with Gasteiger partial charge < -0.3 is 25.6 Å². The van der Waals surface area contributed by atoms with Crippen molar-refractivity contribution in [2.45, 2.75) is 109 Å². The second-order valence-electron chi connectivity index (χ2n) is 10.3. The van der Waals surface area contributed by atoms with Crippen molar-refractivity contribution in [2.24, 2.45) is 0 Å². The molecule has 5 N–H and O–H groups in total. The molecular weight excluding hydrogens is 502 g/mol. The predicted molar refractivity (Wildman–Crippen MR) is 145 cm³/mol. The van der Waals surface area contributed by atoms with Crippen LogP contribution in [0, 0.1) is 0 Å². The third-order valence-electron chi connectivity index (χ3n) is 7.06. The van der Waals surface area contributed by atoms with E-state index >= 15 is 0 Å². The van der Waals surface area contributed by atoms with Gasteiger partial charge in [0.15, 0.2) is 0 Å². The maximum absolute atomic E-state index is 13.1. The molecule has 9 heteroatoms. The Morgan fingerprint density at radius 2 is 1.70 bits per heavy atom. The number of fused-ring (bicyclic) bond motifs is 1. The largest absolute Gasteiger partial charge is 0.478 e. The second-order valence-corrected chi connectivity index (χ2v) is 10.7. The Balaban J connectivity index is 0.000000269. The van der Waals surface area contributed by atoms with Gasteiger partial charge in [-0.25, -0.2) is 13.6 Å². The summed E-state index contributed by atoms with van der Waals surface area (Å²) in [5.74, 6) is -3.67. The van der Waals surface area contributed by atoms with E-state index in [1.54, 1.807) is 19.2 Å². The molecule has 1 saturated carbocycles. The van der Waals surface area contributed by atoms with E-state index in [2.05, 4.69) is 17.2 Å². The third-order valence-corrected chi connectivity index (χ3v) is 7.47. The number of benzene rings is 1. The maximum Gasteiger partial charge on any atom is 0.337 e. The minimum Gasteiger partial charge on any atom is -0.478 e. The summed E-state index contributed by atoms with van der Waals surface area (Å²) >= 11 is 5.97. The van der Waals surface area contributed by atoms with Crippen LogP contribution in [0.5, 0.6) is 0 Å². The van der Waals surface area contributed by atoms with Gasteiger partial charge in [0.05, 0.1) is 27.8 Å². The number of aromatic nitrogens is 1. The topological polar surface area (TPSA) is 106 Å². The summed E-state index contributed by atoms with van der Waals surface area (Å²) in [4.78, 5) is 13.9. The number of carboxylic acid groups (broad SMARTS) is 1. The molecule has 1 aromatic heterocycles. The van der Waals surface area contributed by atoms with Crippen LogP contribution >= 0.6 is 11.6 Å². The number of H-pyrrole nitrogens is 1. The SMILES string of the molecule is CCCCCCCCCCNCC1(O)CCC(F)(F)CC1.C[C@H](O)c1cc(C(=O)O)c(Cl)c2cc[nH]c12. The highest BCUT2D eigenvalue weighted by Gasteiger charge is 2.41. The molecule has 1 heterocycles. The first-order chi connectivity index (χ1) is 17.5. The number of unbranched alkanes of at least 4 members (excludes halogenated alkanes) is 7. The van der Waals surface area contributed by atoms with Crippen LogP contribution < -0.4 is 5.32 Å². The Hall–Kier alpha value is -1.74. The molecule has 0 unspecified atom stereocenters. The van der Waals surface area contributed by atoms with Gasteiger partial charge in [-0.1, -0.05) is 63.5 Å². The molecule has 0 aliphatic heterocycles. The molecule has 0 radical (unpaired) electrons. The Morgan fingerprint density at radius 3 is 2.27 bits per heavy atom. The minimum atomic E-state index is -2.57. The van der Waals surface area contributed by atoms with Gasteiger partial charge in [0.1, 0.15) is 0 Å². The molecule has 0 amide bonds. The lowest BCUT2D eigenvalue weighted by Gasteiger charge is -2.36. The van der Waals surface area contributed by atoms with E-state index in [-0.39, 0.29) is 36.3 Å². The number of aromatic amines is 1. The number of hydrogen-bond donors (Lipinski definition) is 5. The monoisotopic (exact) mass is 544 g/mol. The first kappa shape index (κ1) is 31.5. The summed E-state index contributed by atoms with van der Waals surface area (Å²) in [6, 6.07) is 3.09. The van der Waals surface area contributed by atoms with Crippen LogP contribution in [0.15, 0.2) is 18.3 Å². The van der Waals surface area contributed by atoms with Crippen molar-refractivity contribution in [1.82, 2.24) is 10.3 Å². The third kappa shape index (κ3) is 10.2. The Kier molecular flexibility index (Phi) is 12.8. The number of aliphatic hydroxyl groups is 2. The van der Waals surface area contributed by atoms with Crippen molar-refractivity contribution >= 4 is 28.5 Å². The van der Waals surface area contributed by atoms with Gasteiger partial charge >= 0.3 is 5.97 Å². The molecule has 6 nitrogen and oxygen atoms in total. The molecule has 0 spiro atoms. The smallest absolute Gasteiger partial charge is 0.337 e. The summed E-state index contributed by atoms with van der Waals surface area (Å²) in [7, 11) is 0. The fraction of sp³-hybridized carbons (Fsp3) is 0.679. The number of alkyl halides is 2. The summed E-state index contributed by atoms with van der Waals surface area (Å²) in [6.07, 6.45) is 11.2. The number of hydrogen-bond acceptors (Lipinski definition) is 4. The van der Waals surface area contributed by atoms with E-state index in [0.717, 1.165) is 13.0 Å². The van der Waals surface area contributed by atoms with Gasteiger partial charge in [0, 0.05) is 36.5 Å². The molecule has 0 bridgehead atoms. The van der Waals surface area contributed by atoms with Gasteiger partial charge in [0.25, 0.3) is 0 Å². The van der Waals surface area contributed by atoms with Crippen LogP contribution in [0.1, 0.15) is 113 Å². The zero-order valence-electron chi connectivity index (χ0n) is 22.1. The number of halogens is 3. The minimum absolute atomic E-state index is 0.00432. The van der Waals surface area contributed by atoms with Gasteiger partial charge in [-0.2, -0.15) is 0 Å². The van der Waals surface area contributed by atoms with Crippen molar-refractivity contribution in [3.05, 3.63) is 34.5 Å². The molecule has 1 aliphatic rings. The van der Waals surface area contributed by atoms with Crippen molar-refractivity contribution in [3.63, 3.8) is 0 Å². The fourth-order valence-corrected chi connectivity index (χ4v) is 4.97. The number of carbonyl (C=O) groups is 1. The molecular formula is C28H43ClF2N2O4. The fourth-order valence-electron chi connectivity index (χ4n) is 4.68. The standard InChI is InChI=1S/C17H33F2NO.C11H10ClNO3/c1-2-3-4-5-6-7-8-9-14-20-15-16(21)10-12-17(18,19)13-11-16;1-5(14)7-4-8(11(15)16)9(12)6-2-3-13-10(6)7/h20-21H,2-15H2,1H3;2-5,13-14H,1H3,(H,15,16)/t;5-/m.0/s1. The first-order valence-electron chi connectivity index (χ1n) is 13.5. The lowest BCUT2D eigenvalue weighted by Crippen LogP contribution is -2.46.